The molecule has 0 saturated carbocycles. The van der Waals surface area contributed by atoms with Crippen LogP contribution in [0.3, 0.4) is 0 Å². The first-order valence-electron chi connectivity index (χ1n) is 10.9. The number of aromatic nitrogens is 2. The molecule has 4 rings (SSSR count). The predicted molar refractivity (Wildman–Crippen MR) is 127 cm³/mol. The normalized spacial score (nSPS) is 11.5. The number of rotatable bonds is 8. The zero-order valence-corrected chi connectivity index (χ0v) is 18.6. The van der Waals surface area contributed by atoms with Gasteiger partial charge in [-0.1, -0.05) is 42.5 Å². The minimum absolute atomic E-state index is 0.0715. The molecule has 3 aromatic carbocycles. The first kappa shape index (κ1) is 23.7. The number of carbonyl (C=O) groups is 2. The van der Waals surface area contributed by atoms with Crippen LogP contribution in [0, 0.1) is 11.6 Å². The van der Waals surface area contributed by atoms with E-state index < -0.39 is 29.5 Å². The third kappa shape index (κ3) is 6.11. The lowest BCUT2D eigenvalue weighted by Gasteiger charge is -2.31. The molecule has 0 radical (unpaired) electrons. The summed E-state index contributed by atoms with van der Waals surface area (Å²) in [6.45, 7) is 0.179. The molecule has 1 atom stereocenters. The summed E-state index contributed by atoms with van der Waals surface area (Å²) in [7, 11) is 0. The van der Waals surface area contributed by atoms with Crippen molar-refractivity contribution < 1.29 is 18.4 Å². The third-order valence-electron chi connectivity index (χ3n) is 5.38. The summed E-state index contributed by atoms with van der Waals surface area (Å²) in [4.78, 5) is 36.6. The largest absolute Gasteiger partial charge is 0.324 e. The fraction of sp³-hybridized carbons (Fsp3) is 0.111. The highest BCUT2D eigenvalue weighted by atomic mass is 19.1. The molecule has 4 aromatic rings. The Balaban J connectivity index is 1.72. The molecule has 176 valence electrons. The lowest BCUT2D eigenvalue weighted by Crippen LogP contribution is -2.42. The molecule has 1 N–H and O–H groups in total. The molecule has 35 heavy (non-hydrogen) atoms. The van der Waals surface area contributed by atoms with Gasteiger partial charge in [0.05, 0.1) is 6.20 Å². The minimum Gasteiger partial charge on any atom is -0.324 e. The first-order chi connectivity index (χ1) is 17.0. The molecule has 0 fully saturated rings. The van der Waals surface area contributed by atoms with Crippen LogP contribution in [-0.4, -0.2) is 33.2 Å². The second kappa shape index (κ2) is 11.1. The Morgan fingerprint density at radius 2 is 1.51 bits per heavy atom. The van der Waals surface area contributed by atoms with Crippen molar-refractivity contribution in [2.45, 2.75) is 12.5 Å². The lowest BCUT2D eigenvalue weighted by atomic mass is 10.0. The Morgan fingerprint density at radius 3 is 2.14 bits per heavy atom. The third-order valence-corrected chi connectivity index (χ3v) is 5.38. The number of halogens is 2. The van der Waals surface area contributed by atoms with Crippen LogP contribution < -0.4 is 5.32 Å². The summed E-state index contributed by atoms with van der Waals surface area (Å²) < 4.78 is 27.0. The summed E-state index contributed by atoms with van der Waals surface area (Å²) in [6.07, 6.45) is 4.64. The van der Waals surface area contributed by atoms with Crippen molar-refractivity contribution in [2.24, 2.45) is 0 Å². The molecule has 0 aliphatic heterocycles. The number of hydrogen-bond acceptors (Lipinski definition) is 4. The van der Waals surface area contributed by atoms with Gasteiger partial charge in [-0.3, -0.25) is 14.6 Å². The highest BCUT2D eigenvalue weighted by Gasteiger charge is 2.32. The van der Waals surface area contributed by atoms with Gasteiger partial charge in [0.15, 0.2) is 0 Å². The summed E-state index contributed by atoms with van der Waals surface area (Å²) in [5.41, 5.74) is 1.82. The van der Waals surface area contributed by atoms with Gasteiger partial charge in [0, 0.05) is 24.6 Å². The average Bonchev–Trinajstić information content (AvgIpc) is 2.89. The number of amides is 2. The van der Waals surface area contributed by atoms with Crippen LogP contribution in [-0.2, 0) is 11.2 Å². The smallest absolute Gasteiger partial charge is 0.275 e. The van der Waals surface area contributed by atoms with Gasteiger partial charge in [0.2, 0.25) is 0 Å². The van der Waals surface area contributed by atoms with Crippen molar-refractivity contribution in [3.63, 3.8) is 0 Å². The van der Waals surface area contributed by atoms with E-state index in [1.165, 1.54) is 72.0 Å². The van der Waals surface area contributed by atoms with E-state index in [2.05, 4.69) is 15.3 Å². The van der Waals surface area contributed by atoms with E-state index in [4.69, 9.17) is 0 Å². The van der Waals surface area contributed by atoms with Crippen molar-refractivity contribution in [3.05, 3.63) is 126 Å². The molecular weight excluding hydrogens is 450 g/mol. The van der Waals surface area contributed by atoms with E-state index in [0.717, 1.165) is 5.56 Å². The van der Waals surface area contributed by atoms with Gasteiger partial charge in [-0.05, 0) is 53.9 Å². The second-order valence-corrected chi connectivity index (χ2v) is 7.78. The van der Waals surface area contributed by atoms with Crippen LogP contribution in [0.2, 0.25) is 0 Å². The van der Waals surface area contributed by atoms with Gasteiger partial charge in [-0.25, -0.2) is 13.8 Å². The SMILES string of the molecule is O=C(Nc1ccc(F)cc1)[C@H](c1ccc(F)cc1)N(CCc1ccccc1)C(=O)c1cnccn1. The molecular formula is C27H22F2N4O2. The molecule has 2 amide bonds. The number of nitrogens with one attached hydrogen (secondary N) is 1. The second-order valence-electron chi connectivity index (χ2n) is 7.78. The summed E-state index contributed by atoms with van der Waals surface area (Å²) in [6, 6.07) is 19.1. The van der Waals surface area contributed by atoms with Crippen LogP contribution in [0.5, 0.6) is 0 Å². The van der Waals surface area contributed by atoms with Crippen molar-refractivity contribution in [1.82, 2.24) is 14.9 Å². The van der Waals surface area contributed by atoms with Crippen LogP contribution in [0.25, 0.3) is 0 Å². The molecule has 0 spiro atoms. The first-order valence-corrected chi connectivity index (χ1v) is 10.9. The Hall–Kier alpha value is -4.46. The van der Waals surface area contributed by atoms with E-state index in [1.54, 1.807) is 0 Å². The van der Waals surface area contributed by atoms with Crippen molar-refractivity contribution in [2.75, 3.05) is 11.9 Å². The van der Waals surface area contributed by atoms with E-state index >= 15 is 0 Å². The Bertz CT molecular complexity index is 1270. The average molecular weight is 472 g/mol. The lowest BCUT2D eigenvalue weighted by molar-refractivity contribution is -0.120. The standard InChI is InChI=1S/C27H22F2N4O2/c28-21-8-6-20(7-9-21)25(26(34)32-23-12-10-22(29)11-13-23)33(17-14-19-4-2-1-3-5-19)27(35)24-18-30-15-16-31-24/h1-13,15-16,18,25H,14,17H2,(H,32,34)/t25-/m0/s1. The molecule has 0 bridgehead atoms. The minimum atomic E-state index is -1.11. The van der Waals surface area contributed by atoms with Crippen LogP contribution in [0.15, 0.2) is 97.5 Å². The fourth-order valence-corrected chi connectivity index (χ4v) is 3.66. The molecule has 6 nitrogen and oxygen atoms in total. The van der Waals surface area contributed by atoms with E-state index in [1.807, 2.05) is 30.3 Å². The maximum Gasteiger partial charge on any atom is 0.275 e. The zero-order valence-electron chi connectivity index (χ0n) is 18.6. The number of benzene rings is 3. The number of anilines is 1. The van der Waals surface area contributed by atoms with Gasteiger partial charge in [-0.15, -0.1) is 0 Å². The van der Waals surface area contributed by atoms with Gasteiger partial charge in [-0.2, -0.15) is 0 Å². The number of carbonyl (C=O) groups excluding carboxylic acids is 2. The predicted octanol–water partition coefficient (Wildman–Crippen LogP) is 4.82. The fourth-order valence-electron chi connectivity index (χ4n) is 3.66. The van der Waals surface area contributed by atoms with Crippen LogP contribution >= 0.6 is 0 Å². The maximum atomic E-state index is 13.7. The molecule has 0 aliphatic carbocycles. The molecule has 0 saturated heterocycles. The van der Waals surface area contributed by atoms with Crippen molar-refractivity contribution in [3.8, 4) is 0 Å². The number of nitrogens with zero attached hydrogens (tertiary/aromatic N) is 3. The summed E-state index contributed by atoms with van der Waals surface area (Å²) >= 11 is 0. The Kier molecular flexibility index (Phi) is 7.52. The van der Waals surface area contributed by atoms with Gasteiger partial charge < -0.3 is 10.2 Å². The summed E-state index contributed by atoms with van der Waals surface area (Å²) in [5.74, 6) is -1.95. The zero-order chi connectivity index (χ0) is 24.6. The van der Waals surface area contributed by atoms with E-state index in [9.17, 15) is 18.4 Å². The topological polar surface area (TPSA) is 75.2 Å². The molecule has 1 aromatic heterocycles. The van der Waals surface area contributed by atoms with Gasteiger partial charge in [0.25, 0.3) is 11.8 Å². The molecule has 1 heterocycles. The van der Waals surface area contributed by atoms with Crippen molar-refractivity contribution in [1.29, 1.82) is 0 Å². The van der Waals surface area contributed by atoms with Crippen LogP contribution in [0.4, 0.5) is 14.5 Å². The van der Waals surface area contributed by atoms with E-state index in [-0.39, 0.29) is 12.2 Å². The van der Waals surface area contributed by atoms with Crippen molar-refractivity contribution >= 4 is 17.5 Å². The molecule has 8 heteroatoms. The van der Waals surface area contributed by atoms with E-state index in [0.29, 0.717) is 17.7 Å². The molecule has 0 aliphatic rings. The Labute approximate surface area is 201 Å². The highest BCUT2D eigenvalue weighted by Crippen LogP contribution is 2.26. The molecule has 0 unspecified atom stereocenters. The maximum absolute atomic E-state index is 13.7. The number of hydrogen-bond donors (Lipinski definition) is 1. The Morgan fingerprint density at radius 1 is 0.857 bits per heavy atom. The van der Waals surface area contributed by atoms with Crippen LogP contribution in [0.1, 0.15) is 27.7 Å². The quantitative estimate of drug-likeness (QED) is 0.399. The summed E-state index contributed by atoms with van der Waals surface area (Å²) in [5, 5.41) is 2.74. The monoisotopic (exact) mass is 472 g/mol. The van der Waals surface area contributed by atoms with Gasteiger partial charge in [0.1, 0.15) is 23.4 Å². The van der Waals surface area contributed by atoms with Gasteiger partial charge >= 0.3 is 0 Å². The highest BCUT2D eigenvalue weighted by molar-refractivity contribution is 6.00.